The van der Waals surface area contributed by atoms with Gasteiger partial charge >= 0.3 is 17.9 Å². The van der Waals surface area contributed by atoms with Crippen LogP contribution in [0, 0.1) is 0 Å². The van der Waals surface area contributed by atoms with Crippen molar-refractivity contribution in [3.63, 3.8) is 0 Å². The van der Waals surface area contributed by atoms with Gasteiger partial charge in [-0.1, -0.05) is 38.1 Å². The van der Waals surface area contributed by atoms with Gasteiger partial charge in [0.25, 0.3) is 0 Å². The van der Waals surface area contributed by atoms with Crippen molar-refractivity contribution in [3.8, 4) is 23.0 Å². The highest BCUT2D eigenvalue weighted by atomic mass is 16.5. The number of methoxy groups -OCH3 is 1. The molecule has 0 saturated carbocycles. The molecule has 0 aliphatic rings. The number of ether oxygens (including phenoxy) is 5. The maximum absolute atomic E-state index is 12.4. The third kappa shape index (κ3) is 9.47. The summed E-state index contributed by atoms with van der Waals surface area (Å²) in [4.78, 5) is 37.1. The highest BCUT2D eigenvalue weighted by Gasteiger charge is 2.17. The largest absolute Gasteiger partial charge is 0.494 e. The van der Waals surface area contributed by atoms with E-state index in [0.717, 1.165) is 35.5 Å². The molecule has 3 rings (SSSR count). The summed E-state index contributed by atoms with van der Waals surface area (Å²) in [6, 6.07) is 18.6. The van der Waals surface area contributed by atoms with E-state index in [9.17, 15) is 14.4 Å². The maximum atomic E-state index is 12.4. The Morgan fingerprint density at radius 2 is 1.12 bits per heavy atom. The predicted octanol–water partition coefficient (Wildman–Crippen LogP) is 6.29. The molecule has 0 fully saturated rings. The van der Waals surface area contributed by atoms with Crippen molar-refractivity contribution in [2.75, 3.05) is 20.3 Å². The monoisotopic (exact) mass is 544 g/mol. The number of esters is 3. The molecule has 0 atom stereocenters. The number of carbonyl (C=O) groups excluding carboxylic acids is 3. The van der Waals surface area contributed by atoms with Crippen LogP contribution in [0.1, 0.15) is 48.2 Å². The first-order valence-electron chi connectivity index (χ1n) is 12.9. The van der Waals surface area contributed by atoms with Crippen molar-refractivity contribution in [1.29, 1.82) is 0 Å². The van der Waals surface area contributed by atoms with Gasteiger partial charge in [-0.15, -0.1) is 0 Å². The van der Waals surface area contributed by atoms with Gasteiger partial charge in [-0.05, 0) is 78.6 Å². The average molecular weight is 545 g/mol. The molecule has 0 N–H and O–H groups in total. The first-order chi connectivity index (χ1) is 19.4. The molecule has 40 heavy (non-hydrogen) atoms. The second kappa shape index (κ2) is 15.5. The Morgan fingerprint density at radius 1 is 0.650 bits per heavy atom. The number of hydrogen-bond acceptors (Lipinski definition) is 8. The third-order valence-electron chi connectivity index (χ3n) is 5.31. The Labute approximate surface area is 233 Å². The van der Waals surface area contributed by atoms with Crippen molar-refractivity contribution >= 4 is 30.1 Å². The van der Waals surface area contributed by atoms with E-state index < -0.39 is 17.9 Å². The molecular formula is C32H32O8. The van der Waals surface area contributed by atoms with E-state index in [-0.39, 0.29) is 17.1 Å². The number of hydrogen-bond donors (Lipinski definition) is 0. The van der Waals surface area contributed by atoms with Crippen LogP contribution in [0.15, 0.2) is 78.9 Å². The van der Waals surface area contributed by atoms with Crippen molar-refractivity contribution < 1.29 is 38.1 Å². The van der Waals surface area contributed by atoms with Crippen LogP contribution in [0.3, 0.4) is 0 Å². The lowest BCUT2D eigenvalue weighted by atomic mass is 10.2. The van der Waals surface area contributed by atoms with Crippen molar-refractivity contribution in [2.45, 2.75) is 26.7 Å². The molecule has 8 nitrogen and oxygen atoms in total. The van der Waals surface area contributed by atoms with E-state index in [1.165, 1.54) is 37.5 Å². The Hall–Kier alpha value is -4.85. The molecule has 0 heterocycles. The first kappa shape index (κ1) is 29.7. The lowest BCUT2D eigenvalue weighted by molar-refractivity contribution is -0.130. The minimum Gasteiger partial charge on any atom is -0.494 e. The minimum atomic E-state index is -0.756. The Morgan fingerprint density at radius 3 is 1.60 bits per heavy atom. The Bertz CT molecular complexity index is 1340. The van der Waals surface area contributed by atoms with E-state index in [4.69, 9.17) is 23.7 Å². The van der Waals surface area contributed by atoms with E-state index in [1.54, 1.807) is 12.2 Å². The van der Waals surface area contributed by atoms with Gasteiger partial charge in [0.05, 0.1) is 20.3 Å². The van der Waals surface area contributed by atoms with Gasteiger partial charge < -0.3 is 23.7 Å². The van der Waals surface area contributed by atoms with Gasteiger partial charge in [-0.25, -0.2) is 14.4 Å². The van der Waals surface area contributed by atoms with Crippen LogP contribution in [0.25, 0.3) is 12.2 Å². The molecule has 0 aliphatic heterocycles. The second-order valence-electron chi connectivity index (χ2n) is 8.49. The molecule has 0 amide bonds. The summed E-state index contributed by atoms with van der Waals surface area (Å²) < 4.78 is 26.6. The summed E-state index contributed by atoms with van der Waals surface area (Å²) in [7, 11) is 1.20. The summed E-state index contributed by atoms with van der Waals surface area (Å²) in [5, 5.41) is 0. The molecule has 0 bridgehead atoms. The summed E-state index contributed by atoms with van der Waals surface area (Å²) in [6.07, 6.45) is 7.51. The van der Waals surface area contributed by atoms with Crippen LogP contribution in [0.2, 0.25) is 0 Å². The molecule has 0 unspecified atom stereocenters. The SMILES string of the molecule is CCCOc1ccc(/C=C/C(=O)Oc2ccc(OC(=O)/C=C/c3ccc(OCCC)cc3)c(C(=O)OC)c2)cc1. The zero-order chi connectivity index (χ0) is 28.7. The number of benzene rings is 3. The van der Waals surface area contributed by atoms with Crippen LogP contribution in [-0.2, 0) is 14.3 Å². The Balaban J connectivity index is 1.63. The molecule has 0 aromatic heterocycles. The molecule has 3 aromatic rings. The molecule has 208 valence electrons. The van der Waals surface area contributed by atoms with Crippen LogP contribution in [-0.4, -0.2) is 38.2 Å². The van der Waals surface area contributed by atoms with Gasteiger partial charge in [0, 0.05) is 12.2 Å². The van der Waals surface area contributed by atoms with Crippen molar-refractivity contribution in [1.82, 2.24) is 0 Å². The highest BCUT2D eigenvalue weighted by molar-refractivity contribution is 5.96. The fourth-order valence-electron chi connectivity index (χ4n) is 3.34. The molecule has 0 saturated heterocycles. The van der Waals surface area contributed by atoms with Gasteiger partial charge in [0.15, 0.2) is 0 Å². The summed E-state index contributed by atoms with van der Waals surface area (Å²) in [5.74, 6) is -0.569. The quantitative estimate of drug-likeness (QED) is 0.141. The smallest absolute Gasteiger partial charge is 0.341 e. The van der Waals surface area contributed by atoms with Crippen LogP contribution < -0.4 is 18.9 Å². The highest BCUT2D eigenvalue weighted by Crippen LogP contribution is 2.26. The van der Waals surface area contributed by atoms with Crippen LogP contribution in [0.4, 0.5) is 0 Å². The topological polar surface area (TPSA) is 97.4 Å². The molecule has 8 heteroatoms. The van der Waals surface area contributed by atoms with Gasteiger partial charge in [0.1, 0.15) is 28.6 Å². The molecule has 0 spiro atoms. The van der Waals surface area contributed by atoms with Gasteiger partial charge in [-0.3, -0.25) is 0 Å². The van der Waals surface area contributed by atoms with Gasteiger partial charge in [-0.2, -0.15) is 0 Å². The lowest BCUT2D eigenvalue weighted by Gasteiger charge is -2.10. The maximum Gasteiger partial charge on any atom is 0.341 e. The predicted molar refractivity (Wildman–Crippen MR) is 152 cm³/mol. The molecule has 0 radical (unpaired) electrons. The van der Waals surface area contributed by atoms with E-state index in [2.05, 4.69) is 0 Å². The van der Waals surface area contributed by atoms with E-state index in [0.29, 0.717) is 13.2 Å². The zero-order valence-corrected chi connectivity index (χ0v) is 22.8. The van der Waals surface area contributed by atoms with E-state index in [1.807, 2.05) is 62.4 Å². The lowest BCUT2D eigenvalue weighted by Crippen LogP contribution is -2.11. The number of rotatable bonds is 13. The van der Waals surface area contributed by atoms with Crippen molar-refractivity contribution in [2.24, 2.45) is 0 Å². The summed E-state index contributed by atoms with van der Waals surface area (Å²) in [5.41, 5.74) is 1.48. The average Bonchev–Trinajstić information content (AvgIpc) is 2.98. The van der Waals surface area contributed by atoms with Crippen LogP contribution >= 0.6 is 0 Å². The molecular weight excluding hydrogens is 512 g/mol. The summed E-state index contributed by atoms with van der Waals surface area (Å²) in [6.45, 7) is 5.32. The Kier molecular flexibility index (Phi) is 11.5. The fourth-order valence-corrected chi connectivity index (χ4v) is 3.34. The minimum absolute atomic E-state index is 0.0365. The number of carbonyl (C=O) groups is 3. The van der Waals surface area contributed by atoms with E-state index >= 15 is 0 Å². The normalized spacial score (nSPS) is 10.9. The molecule has 3 aromatic carbocycles. The summed E-state index contributed by atoms with van der Waals surface area (Å²) >= 11 is 0. The standard InChI is InChI=1S/C32H32O8/c1-4-20-37-25-12-6-23(7-13-25)10-18-30(33)39-27-16-17-29(28(22-27)32(35)36-3)40-31(34)19-11-24-8-14-26(15-9-24)38-21-5-2/h6-19,22H,4-5,20-21H2,1-3H3/b18-10+,19-11+. The first-order valence-corrected chi connectivity index (χ1v) is 12.9. The second-order valence-corrected chi connectivity index (χ2v) is 8.49. The van der Waals surface area contributed by atoms with Crippen molar-refractivity contribution in [3.05, 3.63) is 95.6 Å². The molecule has 0 aliphatic carbocycles. The zero-order valence-electron chi connectivity index (χ0n) is 22.8. The third-order valence-corrected chi connectivity index (χ3v) is 5.31. The van der Waals surface area contributed by atoms with Gasteiger partial charge in [0.2, 0.25) is 0 Å². The van der Waals surface area contributed by atoms with Crippen LogP contribution in [0.5, 0.6) is 23.0 Å². The fraction of sp³-hybridized carbons (Fsp3) is 0.219.